The minimum atomic E-state index is -0.974. The van der Waals surface area contributed by atoms with Crippen molar-refractivity contribution in [3.05, 3.63) is 53.0 Å². The van der Waals surface area contributed by atoms with E-state index in [1.165, 1.54) is 18.4 Å². The maximum Gasteiger partial charge on any atom is 0.314 e. The molecule has 11 nitrogen and oxygen atoms in total. The Labute approximate surface area is 266 Å². The van der Waals surface area contributed by atoms with E-state index in [4.69, 9.17) is 14.2 Å². The van der Waals surface area contributed by atoms with Gasteiger partial charge in [-0.2, -0.15) is 0 Å². The van der Waals surface area contributed by atoms with E-state index in [9.17, 15) is 19.2 Å². The van der Waals surface area contributed by atoms with E-state index < -0.39 is 5.41 Å². The van der Waals surface area contributed by atoms with Crippen molar-refractivity contribution >= 4 is 45.2 Å². The second-order valence-electron chi connectivity index (χ2n) is 11.7. The summed E-state index contributed by atoms with van der Waals surface area (Å²) < 4.78 is 17.9. The average Bonchev–Trinajstić information content (AvgIpc) is 3.72. The molecular weight excluding hydrogens is 596 g/mol. The molecule has 0 spiro atoms. The van der Waals surface area contributed by atoms with Gasteiger partial charge in [-0.25, -0.2) is 4.98 Å². The molecule has 5 rings (SSSR count). The number of fused-ring (bicyclic) bond motifs is 3. The Morgan fingerprint density at radius 2 is 1.96 bits per heavy atom. The maximum absolute atomic E-state index is 13.6. The van der Waals surface area contributed by atoms with E-state index in [1.807, 2.05) is 12.1 Å². The number of carbonyl (C=O) groups excluding carboxylic acids is 4. The fraction of sp³-hybridized carbons (Fsp3) is 0.485. The zero-order valence-corrected chi connectivity index (χ0v) is 26.6. The molecule has 3 aromatic rings. The molecule has 1 aliphatic heterocycles. The number of rotatable bonds is 6. The van der Waals surface area contributed by atoms with Gasteiger partial charge < -0.3 is 29.7 Å². The van der Waals surface area contributed by atoms with Crippen LogP contribution in [0.3, 0.4) is 0 Å². The second kappa shape index (κ2) is 14.7. The predicted octanol–water partition coefficient (Wildman–Crippen LogP) is 3.74. The van der Waals surface area contributed by atoms with E-state index in [0.29, 0.717) is 48.8 Å². The predicted molar refractivity (Wildman–Crippen MR) is 169 cm³/mol. The topological polar surface area (TPSA) is 136 Å². The Kier molecular flexibility index (Phi) is 10.5. The number of nitrogens with one attached hydrogen (secondary N) is 2. The molecule has 1 atom stereocenters. The standard InChI is InChI=1S/C33H40N4O7S/c1-3-43-32(41)33(17-22-6-7-22)18-23-8-10-26(42-2)27(15-23)44-19-30(39)34-12-14-37(13-4-5-29(38)35-20-33)31(40)24-9-11-28-25(16-24)36-21-45-28/h8-11,15-16,21-22H,3-7,12-14,17-20H2,1-2H3,(H,34,39)(H,35,38). The third-order valence-corrected chi connectivity index (χ3v) is 9.05. The third-order valence-electron chi connectivity index (χ3n) is 8.24. The van der Waals surface area contributed by atoms with Gasteiger partial charge >= 0.3 is 5.97 Å². The lowest BCUT2D eigenvalue weighted by Gasteiger charge is -2.32. The first-order chi connectivity index (χ1) is 21.8. The van der Waals surface area contributed by atoms with Gasteiger partial charge in [0.05, 0.1) is 34.9 Å². The number of hydrogen-bond acceptors (Lipinski definition) is 9. The maximum atomic E-state index is 13.6. The number of nitrogens with zero attached hydrogens (tertiary/aromatic N) is 2. The summed E-state index contributed by atoms with van der Waals surface area (Å²) in [6.45, 7) is 2.63. The number of hydrogen-bond donors (Lipinski definition) is 2. The molecule has 0 radical (unpaired) electrons. The van der Waals surface area contributed by atoms with E-state index >= 15 is 0 Å². The lowest BCUT2D eigenvalue weighted by atomic mass is 9.76. The van der Waals surface area contributed by atoms with Crippen LogP contribution in [-0.4, -0.2) is 80.1 Å². The van der Waals surface area contributed by atoms with Gasteiger partial charge in [0.1, 0.15) is 0 Å². The Bertz CT molecular complexity index is 1540. The molecule has 1 aliphatic carbocycles. The molecule has 2 aliphatic rings. The number of benzene rings is 2. The SMILES string of the molecule is CCOC(=O)C1(CC2CC2)CNC(=O)CCCN(C(=O)c2ccc3scnc3c2)CCNC(=O)COc2cc(ccc2OC)C1. The molecule has 12 heteroatoms. The van der Waals surface area contributed by atoms with Crippen LogP contribution in [-0.2, 0) is 25.5 Å². The molecule has 2 bridgehead atoms. The molecule has 1 fully saturated rings. The van der Waals surface area contributed by atoms with Crippen molar-refractivity contribution in [3.8, 4) is 11.5 Å². The van der Waals surface area contributed by atoms with Gasteiger partial charge in [0.25, 0.3) is 11.8 Å². The van der Waals surface area contributed by atoms with Crippen molar-refractivity contribution in [2.75, 3.05) is 46.5 Å². The largest absolute Gasteiger partial charge is 0.493 e. The molecule has 0 saturated heterocycles. The number of methoxy groups -OCH3 is 1. The first-order valence-electron chi connectivity index (χ1n) is 15.4. The molecule has 3 amide bonds. The summed E-state index contributed by atoms with van der Waals surface area (Å²) >= 11 is 1.50. The van der Waals surface area contributed by atoms with Crippen LogP contribution in [0.2, 0.25) is 0 Å². The van der Waals surface area contributed by atoms with Gasteiger partial charge in [-0.05, 0) is 68.0 Å². The Hall–Kier alpha value is -4.19. The van der Waals surface area contributed by atoms with Crippen LogP contribution in [0.15, 0.2) is 41.9 Å². The highest BCUT2D eigenvalue weighted by atomic mass is 32.1. The summed E-state index contributed by atoms with van der Waals surface area (Å²) in [6, 6.07) is 10.8. The third kappa shape index (κ3) is 8.30. The molecular formula is C33H40N4O7S. The summed E-state index contributed by atoms with van der Waals surface area (Å²) in [5.41, 5.74) is 2.80. The number of ether oxygens (including phenoxy) is 3. The second-order valence-corrected chi connectivity index (χ2v) is 12.5. The van der Waals surface area contributed by atoms with Crippen LogP contribution in [0.4, 0.5) is 0 Å². The summed E-state index contributed by atoms with van der Waals surface area (Å²) in [7, 11) is 1.52. The van der Waals surface area contributed by atoms with Crippen LogP contribution in [0.1, 0.15) is 54.9 Å². The van der Waals surface area contributed by atoms with Gasteiger partial charge in [-0.15, -0.1) is 11.3 Å². The lowest BCUT2D eigenvalue weighted by molar-refractivity contribution is -0.156. The molecule has 240 valence electrons. The molecule has 1 unspecified atom stereocenters. The zero-order valence-electron chi connectivity index (χ0n) is 25.8. The summed E-state index contributed by atoms with van der Waals surface area (Å²) in [6.07, 6.45) is 3.54. The summed E-state index contributed by atoms with van der Waals surface area (Å²) in [5.74, 6) is 0.0825. The Morgan fingerprint density at radius 1 is 1.11 bits per heavy atom. The quantitative estimate of drug-likeness (QED) is 0.391. The highest BCUT2D eigenvalue weighted by Gasteiger charge is 2.44. The first kappa shape index (κ1) is 32.2. The van der Waals surface area contributed by atoms with Gasteiger partial charge in [0, 0.05) is 38.2 Å². The summed E-state index contributed by atoms with van der Waals surface area (Å²) in [4.78, 5) is 59.0. The fourth-order valence-corrected chi connectivity index (χ4v) is 6.39. The zero-order chi connectivity index (χ0) is 31.8. The number of esters is 1. The van der Waals surface area contributed by atoms with Gasteiger partial charge in [-0.3, -0.25) is 19.2 Å². The van der Waals surface area contributed by atoms with Crippen molar-refractivity contribution in [3.63, 3.8) is 0 Å². The van der Waals surface area contributed by atoms with Crippen molar-refractivity contribution in [1.29, 1.82) is 0 Å². The lowest BCUT2D eigenvalue weighted by Crippen LogP contribution is -2.46. The number of aromatic nitrogens is 1. The van der Waals surface area contributed by atoms with Gasteiger partial charge in [0.2, 0.25) is 5.91 Å². The van der Waals surface area contributed by atoms with E-state index in [0.717, 1.165) is 28.6 Å². The van der Waals surface area contributed by atoms with Gasteiger partial charge in [-0.1, -0.05) is 18.9 Å². The molecule has 45 heavy (non-hydrogen) atoms. The Balaban J connectivity index is 1.39. The van der Waals surface area contributed by atoms with E-state index in [-0.39, 0.29) is 63.0 Å². The van der Waals surface area contributed by atoms with Crippen molar-refractivity contribution < 1.29 is 33.4 Å². The smallest absolute Gasteiger partial charge is 0.314 e. The number of amides is 3. The van der Waals surface area contributed by atoms with Crippen LogP contribution in [0.25, 0.3) is 10.2 Å². The highest BCUT2D eigenvalue weighted by molar-refractivity contribution is 7.16. The fourth-order valence-electron chi connectivity index (χ4n) is 5.73. The monoisotopic (exact) mass is 636 g/mol. The van der Waals surface area contributed by atoms with Crippen molar-refractivity contribution in [1.82, 2.24) is 20.5 Å². The number of carbonyl (C=O) groups is 4. The van der Waals surface area contributed by atoms with E-state index in [1.54, 1.807) is 41.6 Å². The van der Waals surface area contributed by atoms with Crippen molar-refractivity contribution in [2.24, 2.45) is 11.3 Å². The Morgan fingerprint density at radius 3 is 2.73 bits per heavy atom. The van der Waals surface area contributed by atoms with Crippen LogP contribution in [0, 0.1) is 11.3 Å². The normalized spacial score (nSPS) is 20.3. The van der Waals surface area contributed by atoms with E-state index in [2.05, 4.69) is 15.6 Å². The van der Waals surface area contributed by atoms with Crippen LogP contribution < -0.4 is 20.1 Å². The van der Waals surface area contributed by atoms with Gasteiger partial charge in [0.15, 0.2) is 18.1 Å². The van der Waals surface area contributed by atoms with Crippen LogP contribution >= 0.6 is 11.3 Å². The molecule has 1 saturated carbocycles. The minimum absolute atomic E-state index is 0.127. The molecule has 1 aromatic heterocycles. The summed E-state index contributed by atoms with van der Waals surface area (Å²) in [5, 5.41) is 5.84. The number of thiazole rings is 1. The minimum Gasteiger partial charge on any atom is -0.493 e. The van der Waals surface area contributed by atoms with Crippen molar-refractivity contribution in [2.45, 2.75) is 45.4 Å². The average molecular weight is 637 g/mol. The first-order valence-corrected chi connectivity index (χ1v) is 16.3. The molecule has 2 heterocycles. The molecule has 2 aromatic carbocycles. The highest BCUT2D eigenvalue weighted by Crippen LogP contribution is 2.43. The molecule has 2 N–H and O–H groups in total. The van der Waals surface area contributed by atoms with Crippen LogP contribution in [0.5, 0.6) is 11.5 Å².